The number of ether oxygens (including phenoxy) is 1. The molecule has 0 saturated heterocycles. The summed E-state index contributed by atoms with van der Waals surface area (Å²) in [5.74, 6) is -0.204. The molecule has 2 N–H and O–H groups in total. The molecule has 0 aliphatic heterocycles. The van der Waals surface area contributed by atoms with Gasteiger partial charge in [0.05, 0.1) is 12.7 Å². The summed E-state index contributed by atoms with van der Waals surface area (Å²) in [6.45, 7) is 7.79. The van der Waals surface area contributed by atoms with E-state index in [1.54, 1.807) is 0 Å². The van der Waals surface area contributed by atoms with Crippen molar-refractivity contribution in [3.05, 3.63) is 5.01 Å². The second kappa shape index (κ2) is 7.99. The summed E-state index contributed by atoms with van der Waals surface area (Å²) < 4.78 is 5.33. The zero-order chi connectivity index (χ0) is 13.4. The monoisotopic (exact) mass is 272 g/mol. The molecular formula is C11H20N4O2S. The van der Waals surface area contributed by atoms with E-state index in [1.807, 2.05) is 13.8 Å². The number of anilines is 1. The lowest BCUT2D eigenvalue weighted by Gasteiger charge is -2.07. The fourth-order valence-corrected chi connectivity index (χ4v) is 1.84. The molecule has 102 valence electrons. The Balaban J connectivity index is 2.30. The van der Waals surface area contributed by atoms with Gasteiger partial charge in [-0.3, -0.25) is 4.79 Å². The van der Waals surface area contributed by atoms with Crippen LogP contribution >= 0.6 is 11.3 Å². The van der Waals surface area contributed by atoms with Crippen LogP contribution in [0, 0.1) is 0 Å². The van der Waals surface area contributed by atoms with Crippen LogP contribution in [-0.4, -0.2) is 41.9 Å². The van der Waals surface area contributed by atoms with Gasteiger partial charge >= 0.3 is 0 Å². The Morgan fingerprint density at radius 1 is 1.39 bits per heavy atom. The van der Waals surface area contributed by atoms with Crippen molar-refractivity contribution in [1.82, 2.24) is 15.5 Å². The van der Waals surface area contributed by atoms with E-state index in [-0.39, 0.29) is 12.0 Å². The molecule has 1 heterocycles. The minimum Gasteiger partial charge on any atom is -0.377 e. The van der Waals surface area contributed by atoms with Crippen molar-refractivity contribution in [3.8, 4) is 0 Å². The summed E-state index contributed by atoms with van der Waals surface area (Å²) in [4.78, 5) is 11.7. The largest absolute Gasteiger partial charge is 0.377 e. The van der Waals surface area contributed by atoms with Gasteiger partial charge in [0.1, 0.15) is 0 Å². The molecule has 1 aromatic heterocycles. The summed E-state index contributed by atoms with van der Waals surface area (Å²) in [5.41, 5.74) is 0. The summed E-state index contributed by atoms with van der Waals surface area (Å²) in [5, 5.41) is 14.6. The second-order valence-electron chi connectivity index (χ2n) is 4.01. The molecule has 0 bridgehead atoms. The number of aromatic nitrogens is 2. The van der Waals surface area contributed by atoms with Crippen LogP contribution in [0.5, 0.6) is 0 Å². The summed E-state index contributed by atoms with van der Waals surface area (Å²) in [6, 6.07) is 0. The van der Waals surface area contributed by atoms with Gasteiger partial charge in [-0.1, -0.05) is 18.3 Å². The number of hydrogen-bond donors (Lipinski definition) is 2. The van der Waals surface area contributed by atoms with Crippen LogP contribution in [0.4, 0.5) is 5.13 Å². The summed E-state index contributed by atoms with van der Waals surface area (Å²) >= 11 is 1.26. The average molecular weight is 272 g/mol. The van der Waals surface area contributed by atoms with Crippen molar-refractivity contribution in [2.24, 2.45) is 0 Å². The van der Waals surface area contributed by atoms with Gasteiger partial charge in [-0.15, -0.1) is 10.2 Å². The average Bonchev–Trinajstić information content (AvgIpc) is 2.80. The highest BCUT2D eigenvalue weighted by atomic mass is 32.1. The van der Waals surface area contributed by atoms with E-state index in [1.165, 1.54) is 11.3 Å². The third-order valence-corrected chi connectivity index (χ3v) is 2.86. The number of nitrogens with zero attached hydrogens (tertiary/aromatic N) is 2. The maximum atomic E-state index is 11.7. The molecule has 7 heteroatoms. The highest BCUT2D eigenvalue weighted by molar-refractivity contribution is 7.17. The first-order chi connectivity index (χ1) is 8.63. The molecule has 0 fully saturated rings. The first kappa shape index (κ1) is 14.8. The Morgan fingerprint density at radius 2 is 2.17 bits per heavy atom. The van der Waals surface area contributed by atoms with Crippen molar-refractivity contribution >= 4 is 22.4 Å². The second-order valence-corrected chi connectivity index (χ2v) is 4.99. The van der Waals surface area contributed by atoms with Crippen LogP contribution in [0.3, 0.4) is 0 Å². The molecule has 0 spiro atoms. The van der Waals surface area contributed by atoms with E-state index in [0.29, 0.717) is 23.3 Å². The molecule has 0 aliphatic carbocycles. The Morgan fingerprint density at radius 3 is 2.83 bits per heavy atom. The van der Waals surface area contributed by atoms with E-state index in [0.717, 1.165) is 13.0 Å². The van der Waals surface area contributed by atoms with Gasteiger partial charge in [0.15, 0.2) is 0 Å². The number of carbonyl (C=O) groups excluding carboxylic acids is 1. The van der Waals surface area contributed by atoms with E-state index in [9.17, 15) is 4.79 Å². The number of nitrogens with one attached hydrogen (secondary N) is 2. The normalized spacial score (nSPS) is 10.7. The summed E-state index contributed by atoms with van der Waals surface area (Å²) in [6.07, 6.45) is 1.18. The molecule has 0 aliphatic rings. The fraction of sp³-hybridized carbons (Fsp3) is 0.727. The van der Waals surface area contributed by atoms with Crippen molar-refractivity contribution in [3.63, 3.8) is 0 Å². The van der Waals surface area contributed by atoms with E-state index < -0.39 is 0 Å². The van der Waals surface area contributed by atoms with E-state index >= 15 is 0 Å². The molecular weight excluding hydrogens is 252 g/mol. The van der Waals surface area contributed by atoms with Gasteiger partial charge in [0, 0.05) is 13.1 Å². The molecule has 1 aromatic rings. The minimum absolute atomic E-state index is 0.174. The van der Waals surface area contributed by atoms with Crippen molar-refractivity contribution in [1.29, 1.82) is 0 Å². The van der Waals surface area contributed by atoms with Crippen LogP contribution in [0.2, 0.25) is 0 Å². The lowest BCUT2D eigenvalue weighted by atomic mass is 10.5. The van der Waals surface area contributed by atoms with Crippen LogP contribution in [0.15, 0.2) is 0 Å². The van der Waals surface area contributed by atoms with Gasteiger partial charge in [0.2, 0.25) is 10.1 Å². The fourth-order valence-electron chi connectivity index (χ4n) is 1.15. The van der Waals surface area contributed by atoms with Crippen LogP contribution in [0.1, 0.15) is 37.0 Å². The smallest absolute Gasteiger partial charge is 0.282 e. The lowest BCUT2D eigenvalue weighted by molar-refractivity contribution is 0.0746. The molecule has 0 aromatic carbocycles. The molecule has 6 nitrogen and oxygen atoms in total. The zero-order valence-corrected chi connectivity index (χ0v) is 11.8. The van der Waals surface area contributed by atoms with Crippen LogP contribution in [-0.2, 0) is 4.74 Å². The quantitative estimate of drug-likeness (QED) is 0.702. The predicted molar refractivity (Wildman–Crippen MR) is 72.1 cm³/mol. The van der Waals surface area contributed by atoms with Gasteiger partial charge < -0.3 is 15.4 Å². The van der Waals surface area contributed by atoms with Crippen LogP contribution < -0.4 is 10.6 Å². The third kappa shape index (κ3) is 5.42. The number of rotatable bonds is 8. The number of hydrogen-bond acceptors (Lipinski definition) is 6. The third-order valence-electron chi connectivity index (χ3n) is 1.98. The number of amides is 1. The zero-order valence-electron chi connectivity index (χ0n) is 11.0. The Bertz CT molecular complexity index is 368. The molecule has 0 radical (unpaired) electrons. The van der Waals surface area contributed by atoms with Crippen molar-refractivity contribution in [2.45, 2.75) is 33.3 Å². The molecule has 0 atom stereocenters. The Kier molecular flexibility index (Phi) is 6.59. The predicted octanol–water partition coefficient (Wildman–Crippen LogP) is 1.51. The molecule has 0 saturated carbocycles. The highest BCUT2D eigenvalue weighted by Gasteiger charge is 2.11. The van der Waals surface area contributed by atoms with Gasteiger partial charge in [0.25, 0.3) is 5.91 Å². The van der Waals surface area contributed by atoms with E-state index in [2.05, 4.69) is 27.8 Å². The minimum atomic E-state index is -0.204. The van der Waals surface area contributed by atoms with Crippen molar-refractivity contribution < 1.29 is 9.53 Å². The first-order valence-corrected chi connectivity index (χ1v) is 6.92. The van der Waals surface area contributed by atoms with Gasteiger partial charge in [-0.25, -0.2) is 0 Å². The molecule has 18 heavy (non-hydrogen) atoms. The van der Waals surface area contributed by atoms with Gasteiger partial charge in [-0.2, -0.15) is 0 Å². The Labute approximate surface area is 111 Å². The van der Waals surface area contributed by atoms with Gasteiger partial charge in [-0.05, 0) is 20.3 Å². The molecule has 1 amide bonds. The lowest BCUT2D eigenvalue weighted by Crippen LogP contribution is -2.27. The highest BCUT2D eigenvalue weighted by Crippen LogP contribution is 2.14. The van der Waals surface area contributed by atoms with Crippen molar-refractivity contribution in [2.75, 3.05) is 25.0 Å². The maximum Gasteiger partial charge on any atom is 0.282 e. The first-order valence-electron chi connectivity index (χ1n) is 6.10. The maximum absolute atomic E-state index is 11.7. The summed E-state index contributed by atoms with van der Waals surface area (Å²) in [7, 11) is 0. The Hall–Kier alpha value is -1.21. The number of carbonyl (C=O) groups is 1. The van der Waals surface area contributed by atoms with Crippen LogP contribution in [0.25, 0.3) is 0 Å². The van der Waals surface area contributed by atoms with E-state index in [4.69, 9.17) is 4.74 Å². The SMILES string of the molecule is CCCNc1nnc(C(=O)NCCOC(C)C)s1. The standard InChI is InChI=1S/C11H20N4O2S/c1-4-5-13-11-15-14-10(18-11)9(16)12-6-7-17-8(2)3/h8H,4-7H2,1-3H3,(H,12,16)(H,13,15). The molecule has 0 unspecified atom stereocenters. The topological polar surface area (TPSA) is 76.1 Å². The molecule has 1 rings (SSSR count).